The van der Waals surface area contributed by atoms with E-state index in [0.29, 0.717) is 34.7 Å². The number of pyridine rings is 1. The van der Waals surface area contributed by atoms with Crippen molar-refractivity contribution < 1.29 is 37.6 Å². The molecule has 9 nitrogen and oxygen atoms in total. The molecule has 1 fully saturated rings. The zero-order valence-corrected chi connectivity index (χ0v) is 22.1. The second-order valence-electron chi connectivity index (χ2n) is 7.53. The maximum Gasteiger partial charge on any atom is 0.101 e. The van der Waals surface area contributed by atoms with Crippen molar-refractivity contribution in [2.45, 2.75) is 53.4 Å². The SMILES string of the molecule is C=CCCC1CC[C@@H](C=C)[C@@H]1[CH2-].CC(=N\O)/C(C)=N/O.CC(=N\O)/C(C)=N/O.[Co].c1ccncc1. The van der Waals surface area contributed by atoms with Crippen LogP contribution in [0.25, 0.3) is 0 Å². The number of oxime groups is 4. The normalized spacial score (nSPS) is 19.9. The van der Waals surface area contributed by atoms with E-state index in [4.69, 9.17) is 20.8 Å². The summed E-state index contributed by atoms with van der Waals surface area (Å²) >= 11 is 0. The molecule has 1 saturated carbocycles. The Hall–Kier alpha value is -2.98. The van der Waals surface area contributed by atoms with Crippen molar-refractivity contribution in [1.82, 2.24) is 4.98 Å². The molecule has 3 atom stereocenters. The average Bonchev–Trinajstić information content (AvgIpc) is 3.26. The summed E-state index contributed by atoms with van der Waals surface area (Å²) in [6.45, 7) is 18.0. The van der Waals surface area contributed by atoms with E-state index in [2.05, 4.69) is 51.8 Å². The van der Waals surface area contributed by atoms with Crippen LogP contribution in [0.1, 0.15) is 53.4 Å². The summed E-state index contributed by atoms with van der Waals surface area (Å²) in [4.78, 5) is 3.78. The molecule has 0 aliphatic heterocycles. The first-order chi connectivity index (χ1) is 16.2. The Morgan fingerprint density at radius 2 is 1.29 bits per heavy atom. The summed E-state index contributed by atoms with van der Waals surface area (Å²) in [7, 11) is 0. The van der Waals surface area contributed by atoms with E-state index in [1.807, 2.05) is 24.3 Å². The molecule has 1 aromatic rings. The largest absolute Gasteiger partial charge is 0.411 e. The van der Waals surface area contributed by atoms with Crippen molar-refractivity contribution in [1.29, 1.82) is 0 Å². The topological polar surface area (TPSA) is 143 Å². The minimum absolute atomic E-state index is 0. The molecule has 1 aliphatic rings. The van der Waals surface area contributed by atoms with Gasteiger partial charge in [-0.1, -0.05) is 51.2 Å². The molecule has 1 aliphatic carbocycles. The van der Waals surface area contributed by atoms with Gasteiger partial charge in [0.1, 0.15) is 22.8 Å². The van der Waals surface area contributed by atoms with Crippen molar-refractivity contribution in [3.05, 3.63) is 62.8 Å². The van der Waals surface area contributed by atoms with Gasteiger partial charge in [-0.05, 0) is 65.0 Å². The van der Waals surface area contributed by atoms with Gasteiger partial charge in [-0.15, -0.1) is 13.2 Å². The van der Waals surface area contributed by atoms with Gasteiger partial charge >= 0.3 is 0 Å². The smallest absolute Gasteiger partial charge is 0.101 e. The van der Waals surface area contributed by atoms with Gasteiger partial charge in [0.25, 0.3) is 0 Å². The fourth-order valence-corrected chi connectivity index (χ4v) is 2.77. The van der Waals surface area contributed by atoms with Crippen LogP contribution < -0.4 is 0 Å². The summed E-state index contributed by atoms with van der Waals surface area (Å²) in [6.07, 6.45) is 12.6. The zero-order chi connectivity index (χ0) is 26.4. The molecule has 199 valence electrons. The molecule has 1 heterocycles. The van der Waals surface area contributed by atoms with Crippen LogP contribution in [0.5, 0.6) is 0 Å². The standard InChI is InChI=1S/C12H19.C5H5N.2C4H8N2O2.Co/c1-4-6-7-12-9-8-11(5-2)10(12)3;1-2-4-6-5-3-1;2*1-3(5-7)4(2)6-8;/h4-5,10-12H,1-3,6-9H2;1-5H;2*7-8H,1-2H3;/q-1;;;;/b;;2*5-3+,6-4+;/t10-,11+,12?;;;;/m0..../s1. The number of allylic oxidation sites excluding steroid dienone is 2. The van der Waals surface area contributed by atoms with E-state index in [9.17, 15) is 0 Å². The minimum Gasteiger partial charge on any atom is -0.411 e. The van der Waals surface area contributed by atoms with Crippen LogP contribution in [0.2, 0.25) is 0 Å². The van der Waals surface area contributed by atoms with E-state index >= 15 is 0 Å². The second-order valence-corrected chi connectivity index (χ2v) is 7.53. The number of rotatable bonds is 6. The summed E-state index contributed by atoms with van der Waals surface area (Å²) in [6, 6.07) is 5.72. The number of hydrogen-bond donors (Lipinski definition) is 4. The summed E-state index contributed by atoms with van der Waals surface area (Å²) in [5.41, 5.74) is 1.25. The molecule has 2 rings (SSSR count). The van der Waals surface area contributed by atoms with Crippen LogP contribution in [0.4, 0.5) is 0 Å². The Balaban J connectivity index is -0.000000399. The van der Waals surface area contributed by atoms with Gasteiger partial charge in [0, 0.05) is 29.2 Å². The Kier molecular flexibility index (Phi) is 25.2. The maximum absolute atomic E-state index is 8.03. The summed E-state index contributed by atoms with van der Waals surface area (Å²) < 4.78 is 0. The van der Waals surface area contributed by atoms with Gasteiger partial charge in [0.05, 0.1) is 0 Å². The van der Waals surface area contributed by atoms with Crippen LogP contribution in [0.15, 0.2) is 76.5 Å². The molecule has 1 radical (unpaired) electrons. The number of aromatic nitrogens is 1. The van der Waals surface area contributed by atoms with E-state index in [1.54, 1.807) is 12.4 Å². The molecule has 10 heteroatoms. The zero-order valence-electron chi connectivity index (χ0n) is 21.1. The van der Waals surface area contributed by atoms with Crippen LogP contribution in [-0.2, 0) is 16.8 Å². The molecule has 0 amide bonds. The molecule has 35 heavy (non-hydrogen) atoms. The fraction of sp³-hybridized carbons (Fsp3) is 0.440. The first kappa shape index (κ1) is 36.6. The van der Waals surface area contributed by atoms with Gasteiger partial charge in [-0.3, -0.25) is 4.98 Å². The molecule has 0 aromatic carbocycles. The van der Waals surface area contributed by atoms with Crippen molar-refractivity contribution in [3.8, 4) is 0 Å². The van der Waals surface area contributed by atoms with Gasteiger partial charge in [-0.2, -0.15) is 5.92 Å². The van der Waals surface area contributed by atoms with E-state index in [1.165, 1.54) is 47.0 Å². The van der Waals surface area contributed by atoms with Gasteiger partial charge in [0.15, 0.2) is 0 Å². The van der Waals surface area contributed by atoms with Gasteiger partial charge in [-0.25, -0.2) is 0 Å². The quantitative estimate of drug-likeness (QED) is 0.115. The number of nitrogens with zero attached hydrogens (tertiary/aromatic N) is 5. The minimum atomic E-state index is 0. The van der Waals surface area contributed by atoms with Crippen molar-refractivity contribution in [2.75, 3.05) is 0 Å². The third-order valence-electron chi connectivity index (χ3n) is 5.28. The van der Waals surface area contributed by atoms with E-state index < -0.39 is 0 Å². The average molecular weight is 534 g/mol. The predicted octanol–water partition coefficient (Wildman–Crippen LogP) is 6.07. The predicted molar refractivity (Wildman–Crippen MR) is 139 cm³/mol. The molecule has 1 aromatic heterocycles. The monoisotopic (exact) mass is 533 g/mol. The fourth-order valence-electron chi connectivity index (χ4n) is 2.77. The molecule has 0 spiro atoms. The van der Waals surface area contributed by atoms with Gasteiger partial charge in [0.2, 0.25) is 0 Å². The Morgan fingerprint density at radius 3 is 1.51 bits per heavy atom. The van der Waals surface area contributed by atoms with E-state index in [0.717, 1.165) is 12.3 Å². The van der Waals surface area contributed by atoms with Crippen molar-refractivity contribution in [3.63, 3.8) is 0 Å². The van der Waals surface area contributed by atoms with Crippen LogP contribution in [0.3, 0.4) is 0 Å². The summed E-state index contributed by atoms with van der Waals surface area (Å²) in [5.74, 6) is 2.08. The first-order valence-electron chi connectivity index (χ1n) is 10.9. The van der Waals surface area contributed by atoms with Crippen LogP contribution in [0, 0.1) is 24.7 Å². The third kappa shape index (κ3) is 18.1. The van der Waals surface area contributed by atoms with Crippen LogP contribution >= 0.6 is 0 Å². The Labute approximate surface area is 219 Å². The molecule has 1 unspecified atom stereocenters. The van der Waals surface area contributed by atoms with Crippen molar-refractivity contribution >= 4 is 22.8 Å². The van der Waals surface area contributed by atoms with Crippen molar-refractivity contribution in [2.24, 2.45) is 38.4 Å². The maximum atomic E-state index is 8.03. The molecule has 0 bridgehead atoms. The third-order valence-corrected chi connectivity index (χ3v) is 5.28. The molecule has 4 N–H and O–H groups in total. The van der Waals surface area contributed by atoms with E-state index in [-0.39, 0.29) is 16.8 Å². The molecule has 0 saturated heterocycles. The molecular weight excluding hydrogens is 493 g/mol. The molecular formula is C25H40CoN5O4-. The second kappa shape index (κ2) is 24.2. The Morgan fingerprint density at radius 1 is 0.857 bits per heavy atom. The Bertz CT molecular complexity index is 708. The first-order valence-corrected chi connectivity index (χ1v) is 10.9. The van der Waals surface area contributed by atoms with Crippen LogP contribution in [-0.4, -0.2) is 48.7 Å². The van der Waals surface area contributed by atoms with Gasteiger partial charge < -0.3 is 27.8 Å². The number of hydrogen-bond acceptors (Lipinski definition) is 9. The summed E-state index contributed by atoms with van der Waals surface area (Å²) in [5, 5.41) is 43.3.